The third-order valence-corrected chi connectivity index (χ3v) is 8.70. The maximum absolute atomic E-state index is 13.1. The first-order valence-electron chi connectivity index (χ1n) is 11.9. The van der Waals surface area contributed by atoms with Crippen LogP contribution in [0.25, 0.3) is 6.08 Å². The Morgan fingerprint density at radius 2 is 1.97 bits per heavy atom. The number of rotatable bonds is 8. The lowest BCUT2D eigenvalue weighted by molar-refractivity contribution is -0.122. The van der Waals surface area contributed by atoms with Crippen molar-refractivity contribution < 1.29 is 14.4 Å². The molecule has 0 bridgehead atoms. The third-order valence-electron chi connectivity index (χ3n) is 6.11. The second kappa shape index (κ2) is 11.4. The van der Waals surface area contributed by atoms with E-state index in [1.54, 1.807) is 12.4 Å². The third kappa shape index (κ3) is 5.82. The van der Waals surface area contributed by atoms with E-state index in [9.17, 15) is 14.4 Å². The van der Waals surface area contributed by atoms with E-state index in [4.69, 9.17) is 12.2 Å². The number of hydrogen-bond acceptors (Lipinski definition) is 7. The number of thioether (sulfide) groups is 1. The average molecular weight is 549 g/mol. The number of benzene rings is 1. The molecule has 0 saturated carbocycles. The van der Waals surface area contributed by atoms with Gasteiger partial charge in [-0.3, -0.25) is 24.3 Å². The van der Waals surface area contributed by atoms with Crippen LogP contribution in [0.5, 0.6) is 0 Å². The van der Waals surface area contributed by atoms with Crippen molar-refractivity contribution in [3.05, 3.63) is 86.9 Å². The Labute approximate surface area is 228 Å². The summed E-state index contributed by atoms with van der Waals surface area (Å²) in [4.78, 5) is 46.1. The number of carbonyl (C=O) groups excluding carboxylic acids is 3. The molecule has 1 aliphatic carbocycles. The number of carbonyl (C=O) groups is 3. The van der Waals surface area contributed by atoms with Gasteiger partial charge in [0.25, 0.3) is 11.8 Å². The maximum Gasteiger partial charge on any atom is 0.266 e. The summed E-state index contributed by atoms with van der Waals surface area (Å²) in [5.41, 5.74) is 3.39. The fourth-order valence-electron chi connectivity index (χ4n) is 4.30. The molecule has 188 valence electrons. The highest BCUT2D eigenvalue weighted by molar-refractivity contribution is 8.26. The number of aromatic nitrogens is 1. The molecule has 2 N–H and O–H groups in total. The van der Waals surface area contributed by atoms with Gasteiger partial charge in [-0.2, -0.15) is 0 Å². The molecule has 0 unspecified atom stereocenters. The van der Waals surface area contributed by atoms with Crippen LogP contribution in [0, 0.1) is 0 Å². The highest BCUT2D eigenvalue weighted by Crippen LogP contribution is 2.39. The number of amides is 3. The van der Waals surface area contributed by atoms with Gasteiger partial charge in [0.05, 0.1) is 10.5 Å². The molecule has 0 spiro atoms. The van der Waals surface area contributed by atoms with Crippen molar-refractivity contribution in [2.75, 3.05) is 11.9 Å². The summed E-state index contributed by atoms with van der Waals surface area (Å²) in [6.45, 7) is 0.534. The molecule has 3 amide bonds. The predicted octanol–water partition coefficient (Wildman–Crippen LogP) is 4.79. The number of nitrogens with one attached hydrogen (secondary N) is 2. The van der Waals surface area contributed by atoms with Crippen molar-refractivity contribution >= 4 is 68.4 Å². The molecular weight excluding hydrogens is 525 g/mol. The molecule has 2 aliphatic rings. The Hall–Kier alpha value is -3.34. The van der Waals surface area contributed by atoms with Crippen molar-refractivity contribution in [3.63, 3.8) is 0 Å². The Morgan fingerprint density at radius 1 is 1.14 bits per heavy atom. The van der Waals surface area contributed by atoms with Crippen LogP contribution < -0.4 is 10.6 Å². The standard InChI is InChI=1S/C27H24N4O3S3/c32-22(11-13-31-26(34)21(37-27(31)35)14-17-6-2-1-3-7-17)30-25-23(19-9-4-10-20(19)36-25)24(33)29-16-18-8-5-12-28-15-18/h1-3,5-8,12,14-15H,4,9-11,13,16H2,(H,29,33)(H,30,32)/b21-14-. The van der Waals surface area contributed by atoms with Crippen LogP contribution >= 0.6 is 35.3 Å². The number of thiophene rings is 1. The number of anilines is 1. The topological polar surface area (TPSA) is 91.4 Å². The van der Waals surface area contributed by atoms with Gasteiger partial charge in [-0.25, -0.2) is 0 Å². The zero-order valence-corrected chi connectivity index (χ0v) is 22.3. The summed E-state index contributed by atoms with van der Waals surface area (Å²) < 4.78 is 0.436. The monoisotopic (exact) mass is 548 g/mol. The van der Waals surface area contributed by atoms with Gasteiger partial charge in [-0.15, -0.1) is 11.3 Å². The molecule has 7 nitrogen and oxygen atoms in total. The van der Waals surface area contributed by atoms with Crippen molar-refractivity contribution in [3.8, 4) is 0 Å². The fraction of sp³-hybridized carbons (Fsp3) is 0.222. The van der Waals surface area contributed by atoms with Crippen LogP contribution in [0.1, 0.15) is 44.8 Å². The van der Waals surface area contributed by atoms with Gasteiger partial charge in [-0.1, -0.05) is 60.4 Å². The van der Waals surface area contributed by atoms with E-state index in [2.05, 4.69) is 15.6 Å². The molecule has 10 heteroatoms. The molecule has 0 atom stereocenters. The summed E-state index contributed by atoms with van der Waals surface area (Å²) in [6.07, 6.45) is 8.01. The van der Waals surface area contributed by atoms with Gasteiger partial charge in [0.2, 0.25) is 5.91 Å². The van der Waals surface area contributed by atoms with Gasteiger partial charge in [0.1, 0.15) is 9.32 Å². The van der Waals surface area contributed by atoms with Crippen molar-refractivity contribution in [2.24, 2.45) is 0 Å². The molecule has 3 aromatic rings. The van der Waals surface area contributed by atoms with Crippen molar-refractivity contribution in [1.29, 1.82) is 0 Å². The highest BCUT2D eigenvalue weighted by atomic mass is 32.2. The highest BCUT2D eigenvalue weighted by Gasteiger charge is 2.32. The first-order valence-corrected chi connectivity index (χ1v) is 14.0. The van der Waals surface area contributed by atoms with E-state index in [1.807, 2.05) is 48.5 Å². The number of aryl methyl sites for hydroxylation is 1. The minimum Gasteiger partial charge on any atom is -0.348 e. The molecule has 5 rings (SSSR count). The average Bonchev–Trinajstić information content (AvgIpc) is 3.56. The van der Waals surface area contributed by atoms with Crippen molar-refractivity contribution in [2.45, 2.75) is 32.2 Å². The lowest BCUT2D eigenvalue weighted by Gasteiger charge is -2.14. The summed E-state index contributed by atoms with van der Waals surface area (Å²) in [6, 6.07) is 13.3. The number of pyridine rings is 1. The molecular formula is C27H24N4O3S3. The zero-order valence-electron chi connectivity index (χ0n) is 19.9. The first kappa shape index (κ1) is 25.3. The van der Waals surface area contributed by atoms with E-state index in [1.165, 1.54) is 28.0 Å². The lowest BCUT2D eigenvalue weighted by Crippen LogP contribution is -2.31. The Balaban J connectivity index is 1.23. The van der Waals surface area contributed by atoms with Crippen LogP contribution in [0.3, 0.4) is 0 Å². The maximum atomic E-state index is 13.1. The van der Waals surface area contributed by atoms with Gasteiger partial charge >= 0.3 is 0 Å². The second-order valence-corrected chi connectivity index (χ2v) is 11.4. The van der Waals surface area contributed by atoms with Gasteiger partial charge < -0.3 is 10.6 Å². The molecule has 1 aromatic carbocycles. The summed E-state index contributed by atoms with van der Waals surface area (Å²) in [5, 5.41) is 6.45. The van der Waals surface area contributed by atoms with Crippen LogP contribution in [0.2, 0.25) is 0 Å². The molecule has 3 heterocycles. The SMILES string of the molecule is O=C(CCN1C(=O)/C(=C/c2ccccc2)SC1=S)Nc1sc2c(c1C(=O)NCc1cccnc1)CCC2. The second-order valence-electron chi connectivity index (χ2n) is 8.65. The zero-order chi connectivity index (χ0) is 25.8. The van der Waals surface area contributed by atoms with Crippen LogP contribution in [-0.2, 0) is 29.0 Å². The quantitative estimate of drug-likeness (QED) is 0.311. The fourth-order valence-corrected chi connectivity index (χ4v) is 6.91. The molecule has 0 radical (unpaired) electrons. The molecule has 1 saturated heterocycles. The Kier molecular flexibility index (Phi) is 7.78. The number of fused-ring (bicyclic) bond motifs is 1. The number of thiocarbonyl (C=S) groups is 1. The normalized spacial score (nSPS) is 15.8. The molecule has 1 aliphatic heterocycles. The van der Waals surface area contributed by atoms with Gasteiger partial charge in [0.15, 0.2) is 0 Å². The molecule has 1 fully saturated rings. The number of hydrogen-bond donors (Lipinski definition) is 2. The van der Waals surface area contributed by atoms with E-state index >= 15 is 0 Å². The smallest absolute Gasteiger partial charge is 0.266 e. The molecule has 37 heavy (non-hydrogen) atoms. The van der Waals surface area contributed by atoms with E-state index in [0.29, 0.717) is 26.3 Å². The van der Waals surface area contributed by atoms with E-state index in [0.717, 1.165) is 40.8 Å². The largest absolute Gasteiger partial charge is 0.348 e. The summed E-state index contributed by atoms with van der Waals surface area (Å²) >= 11 is 8.10. The van der Waals surface area contributed by atoms with Crippen LogP contribution in [0.4, 0.5) is 5.00 Å². The minimum atomic E-state index is -0.262. The van der Waals surface area contributed by atoms with Crippen molar-refractivity contribution in [1.82, 2.24) is 15.2 Å². The number of nitrogens with zero attached hydrogens (tertiary/aromatic N) is 2. The lowest BCUT2D eigenvalue weighted by atomic mass is 10.1. The van der Waals surface area contributed by atoms with Gasteiger partial charge in [-0.05, 0) is 48.1 Å². The minimum absolute atomic E-state index is 0.0738. The van der Waals surface area contributed by atoms with Gasteiger partial charge in [0, 0.05) is 36.8 Å². The van der Waals surface area contributed by atoms with Crippen LogP contribution in [0.15, 0.2) is 59.8 Å². The predicted molar refractivity (Wildman–Crippen MR) is 151 cm³/mol. The summed E-state index contributed by atoms with van der Waals surface area (Å²) in [7, 11) is 0. The first-order chi connectivity index (χ1) is 18.0. The van der Waals surface area contributed by atoms with E-state index < -0.39 is 0 Å². The Bertz CT molecular complexity index is 1390. The van der Waals surface area contributed by atoms with E-state index in [-0.39, 0.29) is 30.7 Å². The Morgan fingerprint density at radius 3 is 2.76 bits per heavy atom. The van der Waals surface area contributed by atoms with Crippen LogP contribution in [-0.4, -0.2) is 38.5 Å². The molecule has 2 aromatic heterocycles. The summed E-state index contributed by atoms with van der Waals surface area (Å²) in [5.74, 6) is -0.666.